The molecule has 1 spiro atoms. The summed E-state index contributed by atoms with van der Waals surface area (Å²) in [5, 5.41) is 15.0. The monoisotopic (exact) mass is 254 g/mol. The zero-order chi connectivity index (χ0) is 13.2. The lowest BCUT2D eigenvalue weighted by molar-refractivity contribution is -0.144. The van der Waals surface area contributed by atoms with E-state index in [1.165, 1.54) is 0 Å². The van der Waals surface area contributed by atoms with Crippen molar-refractivity contribution in [2.45, 2.75) is 45.1 Å². The van der Waals surface area contributed by atoms with E-state index < -0.39 is 12.0 Å². The van der Waals surface area contributed by atoms with Crippen molar-refractivity contribution in [1.82, 2.24) is 10.6 Å². The van der Waals surface area contributed by atoms with E-state index in [4.69, 9.17) is 5.11 Å². The third kappa shape index (κ3) is 2.66. The maximum absolute atomic E-state index is 12.0. The molecule has 1 aliphatic carbocycles. The van der Waals surface area contributed by atoms with Gasteiger partial charge in [0.2, 0.25) is 5.91 Å². The molecular formula is C13H22N2O3. The van der Waals surface area contributed by atoms with Gasteiger partial charge in [-0.3, -0.25) is 4.79 Å². The number of carboxylic acid groups (broad SMARTS) is 1. The van der Waals surface area contributed by atoms with E-state index in [1.807, 2.05) is 6.92 Å². The zero-order valence-electron chi connectivity index (χ0n) is 10.9. The first kappa shape index (κ1) is 13.3. The van der Waals surface area contributed by atoms with Crippen LogP contribution in [0.5, 0.6) is 0 Å². The molecule has 1 amide bonds. The minimum absolute atomic E-state index is 0.0172. The van der Waals surface area contributed by atoms with Gasteiger partial charge in [0.15, 0.2) is 0 Å². The van der Waals surface area contributed by atoms with Crippen LogP contribution in [-0.4, -0.2) is 36.1 Å². The molecule has 5 nitrogen and oxygen atoms in total. The molecule has 1 unspecified atom stereocenters. The fraction of sp³-hybridized carbons (Fsp3) is 0.846. The second kappa shape index (κ2) is 5.26. The van der Waals surface area contributed by atoms with E-state index in [1.54, 1.807) is 0 Å². The predicted molar refractivity (Wildman–Crippen MR) is 67.1 cm³/mol. The molecule has 18 heavy (non-hydrogen) atoms. The summed E-state index contributed by atoms with van der Waals surface area (Å²) in [6.07, 6.45) is 4.22. The minimum Gasteiger partial charge on any atom is -0.480 e. The molecule has 1 saturated heterocycles. The number of hydrogen-bond acceptors (Lipinski definition) is 3. The van der Waals surface area contributed by atoms with Gasteiger partial charge in [0.05, 0.1) is 0 Å². The average Bonchev–Trinajstić information content (AvgIpc) is 2.75. The largest absolute Gasteiger partial charge is 0.480 e. The SMILES string of the molecule is CCCC(NC(=O)C1CC2(CCNC2)C1)C(=O)O. The van der Waals surface area contributed by atoms with Gasteiger partial charge >= 0.3 is 5.97 Å². The van der Waals surface area contributed by atoms with Crippen LogP contribution in [0, 0.1) is 11.3 Å². The van der Waals surface area contributed by atoms with Crippen LogP contribution in [0.15, 0.2) is 0 Å². The smallest absolute Gasteiger partial charge is 0.326 e. The van der Waals surface area contributed by atoms with E-state index in [9.17, 15) is 9.59 Å². The Balaban J connectivity index is 1.80. The molecular weight excluding hydrogens is 232 g/mol. The topological polar surface area (TPSA) is 78.4 Å². The highest BCUT2D eigenvalue weighted by molar-refractivity contribution is 5.85. The fourth-order valence-corrected chi connectivity index (χ4v) is 3.15. The first-order chi connectivity index (χ1) is 8.56. The molecule has 0 aromatic carbocycles. The van der Waals surface area contributed by atoms with Gasteiger partial charge in [-0.15, -0.1) is 0 Å². The van der Waals surface area contributed by atoms with Gasteiger partial charge in [-0.05, 0) is 37.6 Å². The standard InChI is InChI=1S/C13H22N2O3/c1-2-3-10(12(17)18)15-11(16)9-6-13(7-9)4-5-14-8-13/h9-10,14H,2-8H2,1H3,(H,15,16)(H,17,18). The zero-order valence-corrected chi connectivity index (χ0v) is 10.9. The molecule has 0 aromatic rings. The van der Waals surface area contributed by atoms with Gasteiger partial charge in [-0.2, -0.15) is 0 Å². The van der Waals surface area contributed by atoms with Gasteiger partial charge in [0.25, 0.3) is 0 Å². The minimum atomic E-state index is -0.929. The van der Waals surface area contributed by atoms with Crippen LogP contribution in [0.25, 0.3) is 0 Å². The molecule has 2 aliphatic rings. The quantitative estimate of drug-likeness (QED) is 0.676. The van der Waals surface area contributed by atoms with Crippen LogP contribution in [0.3, 0.4) is 0 Å². The summed E-state index contributed by atoms with van der Waals surface area (Å²) >= 11 is 0. The molecule has 3 N–H and O–H groups in total. The summed E-state index contributed by atoms with van der Waals surface area (Å²) in [5.74, 6) is -0.987. The molecule has 1 atom stereocenters. The second-order valence-electron chi connectivity index (χ2n) is 5.72. The molecule has 5 heteroatoms. The van der Waals surface area contributed by atoms with E-state index in [2.05, 4.69) is 10.6 Å². The van der Waals surface area contributed by atoms with Crippen molar-refractivity contribution in [2.24, 2.45) is 11.3 Å². The summed E-state index contributed by atoms with van der Waals surface area (Å²) < 4.78 is 0. The Kier molecular flexibility index (Phi) is 3.90. The molecule has 2 rings (SSSR count). The van der Waals surface area contributed by atoms with Crippen molar-refractivity contribution in [3.8, 4) is 0 Å². The molecule has 0 bridgehead atoms. The maximum atomic E-state index is 12.0. The first-order valence-electron chi connectivity index (χ1n) is 6.80. The van der Waals surface area contributed by atoms with Crippen LogP contribution in [0.2, 0.25) is 0 Å². The summed E-state index contributed by atoms with van der Waals surface area (Å²) in [5.41, 5.74) is 0.325. The van der Waals surface area contributed by atoms with Crippen LogP contribution >= 0.6 is 0 Å². The molecule has 1 heterocycles. The maximum Gasteiger partial charge on any atom is 0.326 e. The third-order valence-electron chi connectivity index (χ3n) is 4.25. The normalized spacial score (nSPS) is 31.9. The van der Waals surface area contributed by atoms with E-state index in [-0.39, 0.29) is 11.8 Å². The van der Waals surface area contributed by atoms with Gasteiger partial charge in [0, 0.05) is 12.5 Å². The number of hydrogen-bond donors (Lipinski definition) is 3. The number of carbonyl (C=O) groups is 2. The lowest BCUT2D eigenvalue weighted by atomic mass is 9.61. The Hall–Kier alpha value is -1.10. The van der Waals surface area contributed by atoms with E-state index in [0.717, 1.165) is 38.8 Å². The Bertz CT molecular complexity index is 329. The van der Waals surface area contributed by atoms with E-state index >= 15 is 0 Å². The Labute approximate surface area is 107 Å². The Morgan fingerprint density at radius 3 is 2.72 bits per heavy atom. The summed E-state index contributed by atoms with van der Waals surface area (Å²) in [4.78, 5) is 22.9. The lowest BCUT2D eigenvalue weighted by Crippen LogP contribution is -2.50. The number of carboxylic acids is 1. The number of rotatable bonds is 5. The van der Waals surface area contributed by atoms with Crippen molar-refractivity contribution < 1.29 is 14.7 Å². The highest BCUT2D eigenvalue weighted by atomic mass is 16.4. The number of aliphatic carboxylic acids is 1. The summed E-state index contributed by atoms with van der Waals surface area (Å²) in [6.45, 7) is 3.97. The van der Waals surface area contributed by atoms with Crippen molar-refractivity contribution in [2.75, 3.05) is 13.1 Å². The van der Waals surface area contributed by atoms with Gasteiger partial charge < -0.3 is 15.7 Å². The van der Waals surface area contributed by atoms with Crippen LogP contribution in [-0.2, 0) is 9.59 Å². The number of amides is 1. The van der Waals surface area contributed by atoms with Crippen molar-refractivity contribution >= 4 is 11.9 Å². The van der Waals surface area contributed by atoms with Crippen LogP contribution < -0.4 is 10.6 Å². The van der Waals surface area contributed by atoms with Crippen molar-refractivity contribution in [3.05, 3.63) is 0 Å². The van der Waals surface area contributed by atoms with E-state index in [0.29, 0.717) is 11.8 Å². The van der Waals surface area contributed by atoms with Gasteiger partial charge in [0.1, 0.15) is 6.04 Å². The Morgan fingerprint density at radius 1 is 1.50 bits per heavy atom. The number of carbonyl (C=O) groups excluding carboxylic acids is 1. The van der Waals surface area contributed by atoms with Crippen LogP contribution in [0.1, 0.15) is 39.0 Å². The predicted octanol–water partition coefficient (Wildman–Crippen LogP) is 0.746. The molecule has 0 radical (unpaired) electrons. The Morgan fingerprint density at radius 2 is 2.22 bits per heavy atom. The number of nitrogens with one attached hydrogen (secondary N) is 2. The van der Waals surface area contributed by atoms with Gasteiger partial charge in [-0.25, -0.2) is 4.79 Å². The van der Waals surface area contributed by atoms with Crippen molar-refractivity contribution in [3.63, 3.8) is 0 Å². The lowest BCUT2D eigenvalue weighted by Gasteiger charge is -2.44. The molecule has 0 aromatic heterocycles. The second-order valence-corrected chi connectivity index (χ2v) is 5.72. The molecule has 1 saturated carbocycles. The average molecular weight is 254 g/mol. The molecule has 102 valence electrons. The highest BCUT2D eigenvalue weighted by Gasteiger charge is 2.48. The molecule has 2 fully saturated rings. The summed E-state index contributed by atoms with van der Waals surface area (Å²) in [7, 11) is 0. The highest BCUT2D eigenvalue weighted by Crippen LogP contribution is 2.49. The van der Waals surface area contributed by atoms with Crippen molar-refractivity contribution in [1.29, 1.82) is 0 Å². The fourth-order valence-electron chi connectivity index (χ4n) is 3.15. The summed E-state index contributed by atoms with van der Waals surface area (Å²) in [6, 6.07) is -0.722. The molecule has 1 aliphatic heterocycles. The van der Waals surface area contributed by atoms with Crippen LogP contribution in [0.4, 0.5) is 0 Å². The third-order valence-corrected chi connectivity index (χ3v) is 4.25. The first-order valence-corrected chi connectivity index (χ1v) is 6.80. The van der Waals surface area contributed by atoms with Gasteiger partial charge in [-0.1, -0.05) is 13.3 Å².